The number of piperidine rings is 1. The molecule has 0 radical (unpaired) electrons. The van der Waals surface area contributed by atoms with E-state index in [1.165, 1.54) is 19.3 Å². The molecule has 1 aromatic heterocycles. The van der Waals surface area contributed by atoms with E-state index in [1.807, 2.05) is 44.5 Å². The number of carbonyl (C=O) groups excluding carboxylic acids is 1. The number of rotatable bonds is 6. The Bertz CT molecular complexity index is 1060. The smallest absolute Gasteiger partial charge is 0.410 e. The zero-order valence-electron chi connectivity index (χ0n) is 20.2. The Balaban J connectivity index is 1.44. The Morgan fingerprint density at radius 2 is 1.82 bits per heavy atom. The molecule has 1 amide bonds. The number of halogens is 1. The summed E-state index contributed by atoms with van der Waals surface area (Å²) in [5, 5.41) is 0. The predicted octanol–water partition coefficient (Wildman–Crippen LogP) is 5.32. The van der Waals surface area contributed by atoms with Crippen LogP contribution in [0.1, 0.15) is 59.3 Å². The quantitative estimate of drug-likeness (QED) is 0.515. The fraction of sp³-hybridized carbons (Fsp3) is 0.680. The van der Waals surface area contributed by atoms with E-state index in [0.717, 1.165) is 40.5 Å². The van der Waals surface area contributed by atoms with Gasteiger partial charge in [0.25, 0.3) is 0 Å². The summed E-state index contributed by atoms with van der Waals surface area (Å²) >= 11 is 3.65. The first kappa shape index (κ1) is 24.2. The molecule has 0 unspecified atom stereocenters. The number of amides is 1. The van der Waals surface area contributed by atoms with E-state index in [4.69, 9.17) is 9.47 Å². The van der Waals surface area contributed by atoms with Crippen molar-refractivity contribution in [2.45, 2.75) is 71.4 Å². The van der Waals surface area contributed by atoms with Gasteiger partial charge in [-0.25, -0.2) is 9.59 Å². The van der Waals surface area contributed by atoms with Crippen molar-refractivity contribution in [2.75, 3.05) is 19.7 Å². The average molecular weight is 522 g/mol. The minimum atomic E-state index is -0.476. The summed E-state index contributed by atoms with van der Waals surface area (Å²) in [7, 11) is 1.82. The van der Waals surface area contributed by atoms with Gasteiger partial charge in [-0.2, -0.15) is 0 Å². The Morgan fingerprint density at radius 3 is 2.42 bits per heavy atom. The zero-order chi connectivity index (χ0) is 23.8. The van der Waals surface area contributed by atoms with Crippen molar-refractivity contribution in [1.29, 1.82) is 0 Å². The molecular weight excluding hydrogens is 486 g/mol. The molecule has 7 nitrogen and oxygen atoms in total. The summed E-state index contributed by atoms with van der Waals surface area (Å²) in [5.41, 5.74) is 1.28. The fourth-order valence-corrected chi connectivity index (χ4v) is 5.13. The second-order valence-corrected chi connectivity index (χ2v) is 11.4. The van der Waals surface area contributed by atoms with Gasteiger partial charge in [-0.1, -0.05) is 6.42 Å². The maximum absolute atomic E-state index is 13.1. The molecule has 4 rings (SSSR count). The van der Waals surface area contributed by atoms with Gasteiger partial charge < -0.3 is 14.4 Å². The number of hydrogen-bond acceptors (Lipinski definition) is 4. The second-order valence-electron chi connectivity index (χ2n) is 10.5. The van der Waals surface area contributed by atoms with Gasteiger partial charge in [0.1, 0.15) is 11.1 Å². The Kier molecular flexibility index (Phi) is 7.12. The summed E-state index contributed by atoms with van der Waals surface area (Å²) in [4.78, 5) is 27.2. The monoisotopic (exact) mass is 521 g/mol. The Morgan fingerprint density at radius 1 is 1.12 bits per heavy atom. The van der Waals surface area contributed by atoms with Gasteiger partial charge in [-0.15, -0.1) is 0 Å². The maximum atomic E-state index is 13.1. The largest absolute Gasteiger partial charge is 0.490 e. The van der Waals surface area contributed by atoms with Gasteiger partial charge >= 0.3 is 11.8 Å². The van der Waals surface area contributed by atoms with Crippen LogP contribution in [0.15, 0.2) is 21.4 Å². The van der Waals surface area contributed by atoms with E-state index in [2.05, 4.69) is 15.9 Å². The Labute approximate surface area is 204 Å². The van der Waals surface area contributed by atoms with Gasteiger partial charge in [-0.3, -0.25) is 9.13 Å². The molecule has 182 valence electrons. The highest BCUT2D eigenvalue weighted by molar-refractivity contribution is 9.10. The molecule has 1 aliphatic carbocycles. The predicted molar refractivity (Wildman–Crippen MR) is 133 cm³/mol. The van der Waals surface area contributed by atoms with E-state index < -0.39 is 5.60 Å². The molecule has 0 atom stereocenters. The van der Waals surface area contributed by atoms with Crippen molar-refractivity contribution in [3.05, 3.63) is 27.1 Å². The third kappa shape index (κ3) is 5.42. The summed E-state index contributed by atoms with van der Waals surface area (Å²) in [6.45, 7) is 8.41. The fourth-order valence-electron chi connectivity index (χ4n) is 4.70. The molecule has 2 aromatic rings. The molecule has 33 heavy (non-hydrogen) atoms. The zero-order valence-corrected chi connectivity index (χ0v) is 21.8. The lowest BCUT2D eigenvalue weighted by atomic mass is 9.86. The topological polar surface area (TPSA) is 65.7 Å². The van der Waals surface area contributed by atoms with Crippen molar-refractivity contribution in [3.63, 3.8) is 0 Å². The van der Waals surface area contributed by atoms with Crippen LogP contribution in [0, 0.1) is 11.8 Å². The number of hydrogen-bond donors (Lipinski definition) is 0. The first-order valence-corrected chi connectivity index (χ1v) is 12.9. The Hall–Kier alpha value is -1.96. The first-order valence-electron chi connectivity index (χ1n) is 12.1. The molecule has 2 fully saturated rings. The molecule has 8 heteroatoms. The number of benzene rings is 1. The van der Waals surface area contributed by atoms with Gasteiger partial charge in [0.05, 0.1) is 16.6 Å². The van der Waals surface area contributed by atoms with Crippen LogP contribution in [0.2, 0.25) is 0 Å². The molecular formula is C25H36BrN3O4. The van der Waals surface area contributed by atoms with Crippen molar-refractivity contribution < 1.29 is 14.3 Å². The number of aromatic nitrogens is 2. The minimum Gasteiger partial charge on any atom is -0.490 e. The number of fused-ring (bicyclic) bond motifs is 1. The third-order valence-electron chi connectivity index (χ3n) is 6.93. The van der Waals surface area contributed by atoms with Crippen LogP contribution in [-0.2, 0) is 18.3 Å². The summed E-state index contributed by atoms with van der Waals surface area (Å²) in [6, 6.07) is 3.95. The van der Waals surface area contributed by atoms with Crippen LogP contribution in [0.25, 0.3) is 11.0 Å². The van der Waals surface area contributed by atoms with Crippen LogP contribution in [0.5, 0.6) is 5.75 Å². The summed E-state index contributed by atoms with van der Waals surface area (Å²) in [6.07, 6.45) is 6.23. The van der Waals surface area contributed by atoms with Crippen LogP contribution in [0.3, 0.4) is 0 Å². The van der Waals surface area contributed by atoms with Crippen molar-refractivity contribution in [3.8, 4) is 5.75 Å². The molecule has 1 aromatic carbocycles. The van der Waals surface area contributed by atoms with Crippen LogP contribution >= 0.6 is 15.9 Å². The van der Waals surface area contributed by atoms with E-state index in [9.17, 15) is 9.59 Å². The van der Waals surface area contributed by atoms with Crippen LogP contribution in [0.4, 0.5) is 4.79 Å². The molecule has 2 heterocycles. The molecule has 2 aliphatic rings. The summed E-state index contributed by atoms with van der Waals surface area (Å²) < 4.78 is 16.2. The molecule has 0 bridgehead atoms. The maximum Gasteiger partial charge on any atom is 0.410 e. The normalized spacial score (nSPS) is 17.9. The van der Waals surface area contributed by atoms with Gasteiger partial charge in [-0.05, 0) is 92.8 Å². The molecule has 0 N–H and O–H groups in total. The van der Waals surface area contributed by atoms with Gasteiger partial charge in [0.15, 0.2) is 5.75 Å². The van der Waals surface area contributed by atoms with Crippen molar-refractivity contribution in [2.24, 2.45) is 18.9 Å². The average Bonchev–Trinajstić information content (AvgIpc) is 2.96. The van der Waals surface area contributed by atoms with E-state index in [1.54, 1.807) is 9.47 Å². The molecule has 1 aliphatic heterocycles. The lowest BCUT2D eigenvalue weighted by Crippen LogP contribution is -2.41. The number of aryl methyl sites for hydroxylation is 2. The SMILES string of the molecule is Cn1c(=O)n(CCC2CCN(C(=O)OC(C)(C)C)CC2)c2c(OCC3CCC3)c(Br)ccc21. The second kappa shape index (κ2) is 9.72. The highest BCUT2D eigenvalue weighted by atomic mass is 79.9. The summed E-state index contributed by atoms with van der Waals surface area (Å²) in [5.74, 6) is 1.86. The standard InChI is InChI=1S/C25H36BrN3O4/c1-25(2,3)33-24(31)28-13-10-17(11-14-28)12-15-29-21-20(27(4)23(29)30)9-8-19(26)22(21)32-16-18-6-5-7-18/h8-9,17-18H,5-7,10-16H2,1-4H3. The van der Waals surface area contributed by atoms with E-state index in [-0.39, 0.29) is 11.8 Å². The highest BCUT2D eigenvalue weighted by Gasteiger charge is 2.27. The van der Waals surface area contributed by atoms with Crippen LogP contribution < -0.4 is 10.4 Å². The van der Waals surface area contributed by atoms with Crippen LogP contribution in [-0.4, -0.2) is 45.4 Å². The number of carbonyl (C=O) groups is 1. The highest BCUT2D eigenvalue weighted by Crippen LogP contribution is 2.36. The lowest BCUT2D eigenvalue weighted by molar-refractivity contribution is 0.0180. The lowest BCUT2D eigenvalue weighted by Gasteiger charge is -2.33. The molecule has 1 saturated carbocycles. The van der Waals surface area contributed by atoms with Gasteiger partial charge in [0, 0.05) is 26.7 Å². The third-order valence-corrected chi connectivity index (χ3v) is 7.55. The minimum absolute atomic E-state index is 0.0113. The number of imidazole rings is 1. The molecule has 0 spiro atoms. The van der Waals surface area contributed by atoms with Crippen molar-refractivity contribution >= 4 is 33.1 Å². The van der Waals surface area contributed by atoms with E-state index in [0.29, 0.717) is 38.1 Å². The van der Waals surface area contributed by atoms with Crippen molar-refractivity contribution in [1.82, 2.24) is 14.0 Å². The number of ether oxygens (including phenoxy) is 2. The first-order chi connectivity index (χ1) is 15.6. The number of likely N-dealkylation sites (tertiary alicyclic amines) is 1. The number of nitrogens with zero attached hydrogens (tertiary/aromatic N) is 3. The van der Waals surface area contributed by atoms with Gasteiger partial charge in [0.2, 0.25) is 0 Å². The van der Waals surface area contributed by atoms with E-state index >= 15 is 0 Å². The molecule has 1 saturated heterocycles.